The fourth-order valence-corrected chi connectivity index (χ4v) is 2.62. The average Bonchev–Trinajstić information content (AvgIpc) is 2.45. The topological polar surface area (TPSA) is 136 Å². The molecular weight excluding hydrogens is 376 g/mol. The molecule has 0 aliphatic heterocycles. The van der Waals surface area contributed by atoms with Gasteiger partial charge in [-0.2, -0.15) is 0 Å². The highest BCUT2D eigenvalue weighted by atomic mass is 32.2. The maximum Gasteiger partial charge on any atom is 0.359 e. The number of likely N-dealkylation sites (N-methyl/N-ethyl adjacent to an activating group) is 1. The Bertz CT molecular complexity index is 740. The van der Waals surface area contributed by atoms with Crippen LogP contribution in [-0.4, -0.2) is 67.3 Å². The molecule has 9 nitrogen and oxygen atoms in total. The number of carboxylic acid groups (broad SMARTS) is 2. The van der Waals surface area contributed by atoms with Gasteiger partial charge in [-0.3, -0.25) is 4.79 Å². The van der Waals surface area contributed by atoms with Crippen molar-refractivity contribution in [3.05, 3.63) is 24.0 Å². The Labute approximate surface area is 160 Å². The van der Waals surface area contributed by atoms with Crippen LogP contribution in [0.2, 0.25) is 0 Å². The fraction of sp³-hybridized carbons (Fsp3) is 0.588. The van der Waals surface area contributed by atoms with Crippen molar-refractivity contribution in [2.45, 2.75) is 44.0 Å². The summed E-state index contributed by atoms with van der Waals surface area (Å²) in [6.07, 6.45) is 3.54. The van der Waals surface area contributed by atoms with Crippen LogP contribution < -0.4 is 4.57 Å². The molecule has 0 unspecified atom stereocenters. The van der Waals surface area contributed by atoms with Crippen molar-refractivity contribution >= 4 is 22.1 Å². The summed E-state index contributed by atoms with van der Waals surface area (Å²) in [6, 6.07) is 2.88. The third kappa shape index (κ3) is 12.9. The summed E-state index contributed by atoms with van der Waals surface area (Å²) in [5, 5.41) is 16.7. The first-order valence-corrected chi connectivity index (χ1v) is 9.83. The third-order valence-electron chi connectivity index (χ3n) is 3.41. The summed E-state index contributed by atoms with van der Waals surface area (Å²) >= 11 is 0. The molecule has 0 spiro atoms. The van der Waals surface area contributed by atoms with Crippen LogP contribution in [0.15, 0.2) is 23.2 Å². The first kappa shape index (κ1) is 25.0. The van der Waals surface area contributed by atoms with E-state index in [4.69, 9.17) is 10.2 Å². The molecule has 0 aliphatic rings. The minimum absolute atomic E-state index is 0.138. The van der Waals surface area contributed by atoms with E-state index in [1.165, 1.54) is 12.3 Å². The van der Waals surface area contributed by atoms with Gasteiger partial charge in [0.25, 0.3) is 0 Å². The van der Waals surface area contributed by atoms with Crippen LogP contribution in [0.4, 0.5) is 0 Å². The molecule has 0 bridgehead atoms. The minimum Gasteiger partial charge on any atom is -0.744 e. The molecule has 0 atom stereocenters. The number of aliphatic carboxylic acids is 2. The highest BCUT2D eigenvalue weighted by Crippen LogP contribution is 2.06. The zero-order valence-corrected chi connectivity index (χ0v) is 17.0. The minimum atomic E-state index is -4.44. The van der Waals surface area contributed by atoms with Gasteiger partial charge in [-0.05, 0) is 18.9 Å². The number of rotatable bonds is 9. The number of carboxylic acids is 2. The molecule has 0 radical (unpaired) electrons. The van der Waals surface area contributed by atoms with E-state index in [0.29, 0.717) is 17.4 Å². The van der Waals surface area contributed by atoms with Crippen LogP contribution in [0.25, 0.3) is 0 Å². The van der Waals surface area contributed by atoms with Gasteiger partial charge in [0.15, 0.2) is 18.4 Å². The number of hydrogen-bond donors (Lipinski definition) is 2. The van der Waals surface area contributed by atoms with E-state index >= 15 is 0 Å². The van der Waals surface area contributed by atoms with Gasteiger partial charge in [-0.1, -0.05) is 0 Å². The lowest BCUT2D eigenvalue weighted by molar-refractivity contribution is -0.862. The molecule has 27 heavy (non-hydrogen) atoms. The molecule has 10 heteroatoms. The van der Waals surface area contributed by atoms with E-state index in [1.807, 2.05) is 28.1 Å². The molecule has 0 saturated heterocycles. The zero-order valence-electron chi connectivity index (χ0n) is 16.2. The van der Waals surface area contributed by atoms with Gasteiger partial charge in [-0.25, -0.2) is 17.8 Å². The van der Waals surface area contributed by atoms with Crippen molar-refractivity contribution in [1.82, 2.24) is 0 Å². The van der Waals surface area contributed by atoms with Crippen molar-refractivity contribution in [3.63, 3.8) is 0 Å². The predicted molar refractivity (Wildman–Crippen MR) is 96.0 cm³/mol. The first-order valence-electron chi connectivity index (χ1n) is 8.42. The summed E-state index contributed by atoms with van der Waals surface area (Å²) in [7, 11) is 1.09. The summed E-state index contributed by atoms with van der Waals surface area (Å²) in [5.74, 6) is -1.57. The fourth-order valence-electron chi connectivity index (χ4n) is 2.13. The zero-order chi connectivity index (χ0) is 21.3. The number of quaternary nitrogens is 1. The predicted octanol–water partition coefficient (Wildman–Crippen LogP) is 0.609. The second kappa shape index (κ2) is 11.0. The molecule has 1 aromatic rings. The molecule has 0 fully saturated rings. The van der Waals surface area contributed by atoms with E-state index in [-0.39, 0.29) is 17.9 Å². The summed E-state index contributed by atoms with van der Waals surface area (Å²) in [5.41, 5.74) is 0.852. The van der Waals surface area contributed by atoms with Crippen molar-refractivity contribution in [1.29, 1.82) is 0 Å². The number of pyridine rings is 1. The van der Waals surface area contributed by atoms with Gasteiger partial charge in [0.05, 0.1) is 21.1 Å². The van der Waals surface area contributed by atoms with Crippen LogP contribution in [0.5, 0.6) is 0 Å². The SMILES string of the molecule is C[N+](C)(C)CC(=O)O.Cc1ccc(S(=O)(=O)[O-])c[n+]1CCCCCC(=O)O. The standard InChI is InChI=1S/C12H17NO5S.C5H11NO2/c1-10-6-7-11(19(16,17)18)9-13(10)8-4-2-3-5-12(14)15;1-6(2,3)4-5(7)8/h6-7,9H,2-5,8H2,1H3,(H-,14,15,16,17,18);4H2,1-3H3/p+1. The van der Waals surface area contributed by atoms with E-state index in [9.17, 15) is 22.6 Å². The van der Waals surface area contributed by atoms with Gasteiger partial charge < -0.3 is 19.2 Å². The van der Waals surface area contributed by atoms with Crippen LogP contribution in [0.3, 0.4) is 0 Å². The van der Waals surface area contributed by atoms with E-state index in [2.05, 4.69) is 0 Å². The highest BCUT2D eigenvalue weighted by Gasteiger charge is 2.12. The van der Waals surface area contributed by atoms with Crippen molar-refractivity contribution < 1.29 is 41.8 Å². The lowest BCUT2D eigenvalue weighted by Crippen LogP contribution is -2.39. The monoisotopic (exact) mass is 405 g/mol. The van der Waals surface area contributed by atoms with Crippen LogP contribution in [0, 0.1) is 6.92 Å². The van der Waals surface area contributed by atoms with Gasteiger partial charge in [0.1, 0.15) is 21.6 Å². The second-order valence-corrected chi connectivity index (χ2v) is 8.58. The summed E-state index contributed by atoms with van der Waals surface area (Å²) in [4.78, 5) is 20.1. The number of aryl methyl sites for hydroxylation is 2. The van der Waals surface area contributed by atoms with Crippen LogP contribution in [0.1, 0.15) is 31.4 Å². The maximum atomic E-state index is 10.9. The molecular formula is C17H29N2O7S+. The molecule has 0 saturated carbocycles. The summed E-state index contributed by atoms with van der Waals surface area (Å²) < 4.78 is 34.9. The van der Waals surface area contributed by atoms with Crippen LogP contribution in [-0.2, 0) is 26.3 Å². The van der Waals surface area contributed by atoms with Gasteiger partial charge in [-0.15, -0.1) is 0 Å². The van der Waals surface area contributed by atoms with Crippen LogP contribution >= 0.6 is 0 Å². The first-order chi connectivity index (χ1) is 12.2. The largest absolute Gasteiger partial charge is 0.744 e. The second-order valence-electron chi connectivity index (χ2n) is 7.20. The summed E-state index contributed by atoms with van der Waals surface area (Å²) in [6.45, 7) is 2.56. The Balaban J connectivity index is 0.000000713. The van der Waals surface area contributed by atoms with E-state index in [1.54, 1.807) is 10.6 Å². The third-order valence-corrected chi connectivity index (χ3v) is 4.23. The highest BCUT2D eigenvalue weighted by molar-refractivity contribution is 7.85. The Kier molecular flexibility index (Phi) is 10.1. The van der Waals surface area contributed by atoms with Crippen molar-refractivity contribution in [2.75, 3.05) is 27.7 Å². The Morgan fingerprint density at radius 1 is 1.07 bits per heavy atom. The quantitative estimate of drug-likeness (QED) is 0.266. The number of unbranched alkanes of at least 4 members (excludes halogenated alkanes) is 2. The van der Waals surface area contributed by atoms with E-state index in [0.717, 1.165) is 18.5 Å². The Morgan fingerprint density at radius 3 is 2.07 bits per heavy atom. The lowest BCUT2D eigenvalue weighted by Gasteiger charge is -2.20. The smallest absolute Gasteiger partial charge is 0.359 e. The maximum absolute atomic E-state index is 10.9. The molecule has 2 N–H and O–H groups in total. The molecule has 0 amide bonds. The van der Waals surface area contributed by atoms with Gasteiger partial charge in [0.2, 0.25) is 0 Å². The molecule has 0 aromatic carbocycles. The number of aromatic nitrogens is 1. The molecule has 1 heterocycles. The number of hydrogen-bond acceptors (Lipinski definition) is 5. The normalized spacial score (nSPS) is 11.4. The molecule has 1 rings (SSSR count). The Morgan fingerprint density at radius 2 is 1.67 bits per heavy atom. The molecule has 0 aliphatic carbocycles. The van der Waals surface area contributed by atoms with Crippen molar-refractivity contribution in [2.24, 2.45) is 0 Å². The van der Waals surface area contributed by atoms with Gasteiger partial charge in [0, 0.05) is 25.8 Å². The number of carbonyl (C=O) groups is 2. The van der Waals surface area contributed by atoms with Crippen molar-refractivity contribution in [3.8, 4) is 0 Å². The lowest BCUT2D eigenvalue weighted by atomic mass is 10.2. The Hall–Kier alpha value is -2.04. The number of nitrogens with zero attached hydrogens (tertiary/aromatic N) is 2. The van der Waals surface area contributed by atoms with Gasteiger partial charge >= 0.3 is 11.9 Å². The molecule has 154 valence electrons. The average molecular weight is 405 g/mol. The van der Waals surface area contributed by atoms with E-state index < -0.39 is 22.1 Å². The molecule has 1 aromatic heterocycles.